The smallest absolute Gasteiger partial charge is 0.251 e. The summed E-state index contributed by atoms with van der Waals surface area (Å²) in [7, 11) is 1.71. The first-order valence-corrected chi connectivity index (χ1v) is 9.27. The van der Waals surface area contributed by atoms with Crippen LogP contribution in [0.5, 0.6) is 0 Å². The molecule has 2 aliphatic rings. The molecule has 26 heavy (non-hydrogen) atoms. The van der Waals surface area contributed by atoms with Crippen LogP contribution in [0.25, 0.3) is 11.3 Å². The second kappa shape index (κ2) is 5.84. The minimum atomic E-state index is -0.0144. The number of hydrogen-bond acceptors (Lipinski definition) is 2. The van der Waals surface area contributed by atoms with Gasteiger partial charge in [0, 0.05) is 18.2 Å². The molecule has 0 spiro atoms. The van der Waals surface area contributed by atoms with Crippen LogP contribution in [0, 0.1) is 0 Å². The molecule has 0 unspecified atom stereocenters. The Balaban J connectivity index is 1.82. The van der Waals surface area contributed by atoms with E-state index >= 15 is 0 Å². The van der Waals surface area contributed by atoms with E-state index in [1.165, 1.54) is 35.1 Å². The van der Waals surface area contributed by atoms with Crippen LogP contribution in [0.4, 0.5) is 0 Å². The van der Waals surface area contributed by atoms with Gasteiger partial charge < -0.3 is 9.88 Å². The van der Waals surface area contributed by atoms with Crippen LogP contribution in [-0.4, -0.2) is 22.5 Å². The first-order valence-electron chi connectivity index (χ1n) is 9.27. The summed E-state index contributed by atoms with van der Waals surface area (Å²) in [6.45, 7) is 0. The molecule has 4 nitrogen and oxygen atoms in total. The highest BCUT2D eigenvalue weighted by molar-refractivity contribution is 5.96. The molecule has 5 rings (SSSR count). The number of carbonyl (C=O) groups is 1. The maximum atomic E-state index is 12.7. The highest BCUT2D eigenvalue weighted by Crippen LogP contribution is 2.45. The fourth-order valence-corrected chi connectivity index (χ4v) is 4.63. The molecular weight excluding hydrogens is 322 g/mol. The van der Waals surface area contributed by atoms with Crippen LogP contribution in [0.15, 0.2) is 48.9 Å². The number of aromatic nitrogens is 2. The first kappa shape index (κ1) is 15.4. The van der Waals surface area contributed by atoms with E-state index in [-0.39, 0.29) is 11.9 Å². The van der Waals surface area contributed by atoms with Crippen molar-refractivity contribution in [3.63, 3.8) is 0 Å². The predicted molar refractivity (Wildman–Crippen MR) is 101 cm³/mol. The second-order valence-electron chi connectivity index (χ2n) is 7.13. The third-order valence-electron chi connectivity index (χ3n) is 5.80. The molecule has 130 valence electrons. The van der Waals surface area contributed by atoms with Crippen LogP contribution < -0.4 is 5.32 Å². The van der Waals surface area contributed by atoms with Crippen molar-refractivity contribution in [1.82, 2.24) is 14.9 Å². The minimum absolute atomic E-state index is 0.0144. The van der Waals surface area contributed by atoms with Crippen molar-refractivity contribution in [2.45, 2.75) is 31.7 Å². The van der Waals surface area contributed by atoms with Crippen LogP contribution in [0.3, 0.4) is 0 Å². The summed E-state index contributed by atoms with van der Waals surface area (Å²) >= 11 is 0. The van der Waals surface area contributed by atoms with E-state index in [0.717, 1.165) is 29.7 Å². The Morgan fingerprint density at radius 2 is 2.00 bits per heavy atom. The van der Waals surface area contributed by atoms with Crippen molar-refractivity contribution < 1.29 is 4.79 Å². The van der Waals surface area contributed by atoms with E-state index in [0.29, 0.717) is 0 Å². The standard InChI is InChI=1S/C22H21N3O/c1-23-22(26)18-11-10-14-6-2-3-7-15(14)20(18)21-17-9-5-4-8-16(17)19-12-24-13-25(19)21/h4-5,8-13,21H,2-3,6-7H2,1H3,(H,23,26)/t21-/m0/s1. The first-order chi connectivity index (χ1) is 12.8. The van der Waals surface area contributed by atoms with Crippen molar-refractivity contribution in [3.05, 3.63) is 76.7 Å². The number of rotatable bonds is 2. The number of amides is 1. The van der Waals surface area contributed by atoms with Crippen LogP contribution in [0.2, 0.25) is 0 Å². The van der Waals surface area contributed by atoms with Crippen molar-refractivity contribution in [2.75, 3.05) is 7.05 Å². The Bertz CT molecular complexity index is 1020. The molecule has 0 fully saturated rings. The highest BCUT2D eigenvalue weighted by Gasteiger charge is 2.34. The number of imidazole rings is 1. The Kier molecular flexibility index (Phi) is 3.45. The summed E-state index contributed by atoms with van der Waals surface area (Å²) in [5.41, 5.74) is 8.30. The number of hydrogen-bond donors (Lipinski definition) is 1. The van der Waals surface area contributed by atoms with Crippen molar-refractivity contribution in [3.8, 4) is 11.3 Å². The summed E-state index contributed by atoms with van der Waals surface area (Å²) in [5, 5.41) is 2.83. The fourth-order valence-electron chi connectivity index (χ4n) is 4.63. The lowest BCUT2D eigenvalue weighted by Crippen LogP contribution is -2.24. The average molecular weight is 343 g/mol. The molecule has 0 bridgehead atoms. The normalized spacial score (nSPS) is 17.3. The quantitative estimate of drug-likeness (QED) is 0.603. The summed E-state index contributed by atoms with van der Waals surface area (Å²) < 4.78 is 2.22. The van der Waals surface area contributed by atoms with Gasteiger partial charge in [-0.1, -0.05) is 30.3 Å². The topological polar surface area (TPSA) is 46.9 Å². The zero-order valence-corrected chi connectivity index (χ0v) is 14.8. The summed E-state index contributed by atoms with van der Waals surface area (Å²) in [5.74, 6) is -0.0144. The van der Waals surface area contributed by atoms with Gasteiger partial charge in [0.15, 0.2) is 0 Å². The zero-order valence-electron chi connectivity index (χ0n) is 14.8. The van der Waals surface area contributed by atoms with E-state index in [4.69, 9.17) is 0 Å². The number of nitrogens with one attached hydrogen (secondary N) is 1. The molecule has 2 heterocycles. The lowest BCUT2D eigenvalue weighted by molar-refractivity contribution is 0.0961. The molecule has 2 aromatic carbocycles. The van der Waals surface area contributed by atoms with Crippen LogP contribution in [-0.2, 0) is 12.8 Å². The molecule has 0 radical (unpaired) electrons. The Labute approximate surface area is 152 Å². The maximum Gasteiger partial charge on any atom is 0.251 e. The van der Waals surface area contributed by atoms with E-state index in [2.05, 4.69) is 45.2 Å². The second-order valence-corrected chi connectivity index (χ2v) is 7.13. The highest BCUT2D eigenvalue weighted by atomic mass is 16.1. The SMILES string of the molecule is CNC(=O)c1ccc2c(c1[C@@H]1c3ccccc3-c3cncn31)CCCC2. The van der Waals surface area contributed by atoms with E-state index < -0.39 is 0 Å². The van der Waals surface area contributed by atoms with Crippen LogP contribution >= 0.6 is 0 Å². The van der Waals surface area contributed by atoms with Gasteiger partial charge in [-0.05, 0) is 54.0 Å². The zero-order chi connectivity index (χ0) is 17.7. The Hall–Kier alpha value is -2.88. The molecule has 1 atom stereocenters. The lowest BCUT2D eigenvalue weighted by atomic mass is 9.81. The van der Waals surface area contributed by atoms with Gasteiger partial charge in [-0.15, -0.1) is 0 Å². The molecule has 1 aliphatic heterocycles. The van der Waals surface area contributed by atoms with E-state index in [9.17, 15) is 4.79 Å². The van der Waals surface area contributed by atoms with Gasteiger partial charge in [-0.2, -0.15) is 0 Å². The number of nitrogens with zero attached hydrogens (tertiary/aromatic N) is 2. The largest absolute Gasteiger partial charge is 0.355 e. The maximum absolute atomic E-state index is 12.7. The molecular formula is C22H21N3O. The summed E-state index contributed by atoms with van der Waals surface area (Å²) in [6, 6.07) is 12.7. The molecule has 3 aromatic rings. The van der Waals surface area contributed by atoms with Crippen molar-refractivity contribution >= 4 is 5.91 Å². The number of carbonyl (C=O) groups excluding carboxylic acids is 1. The molecule has 1 aliphatic carbocycles. The summed E-state index contributed by atoms with van der Waals surface area (Å²) in [4.78, 5) is 17.1. The van der Waals surface area contributed by atoms with Crippen LogP contribution in [0.1, 0.15) is 51.5 Å². The van der Waals surface area contributed by atoms with Gasteiger partial charge in [0.2, 0.25) is 0 Å². The van der Waals surface area contributed by atoms with Gasteiger partial charge in [-0.3, -0.25) is 4.79 Å². The van der Waals surface area contributed by atoms with Crippen molar-refractivity contribution in [1.29, 1.82) is 0 Å². The molecule has 1 amide bonds. The lowest BCUT2D eigenvalue weighted by Gasteiger charge is -2.27. The van der Waals surface area contributed by atoms with Gasteiger partial charge in [0.1, 0.15) is 0 Å². The van der Waals surface area contributed by atoms with Gasteiger partial charge >= 0.3 is 0 Å². The van der Waals surface area contributed by atoms with E-state index in [1.807, 2.05) is 18.6 Å². The predicted octanol–water partition coefficient (Wildman–Crippen LogP) is 3.74. The van der Waals surface area contributed by atoms with Crippen molar-refractivity contribution in [2.24, 2.45) is 0 Å². The fraction of sp³-hybridized carbons (Fsp3) is 0.273. The molecule has 1 N–H and O–H groups in total. The average Bonchev–Trinajstić information content (AvgIpc) is 3.27. The number of benzene rings is 2. The van der Waals surface area contributed by atoms with Gasteiger partial charge in [0.25, 0.3) is 5.91 Å². The number of aryl methyl sites for hydroxylation is 1. The van der Waals surface area contributed by atoms with Gasteiger partial charge in [0.05, 0.1) is 24.3 Å². The molecule has 0 saturated carbocycles. The summed E-state index contributed by atoms with van der Waals surface area (Å²) in [6.07, 6.45) is 8.37. The minimum Gasteiger partial charge on any atom is -0.355 e. The third-order valence-corrected chi connectivity index (χ3v) is 5.80. The molecule has 4 heteroatoms. The molecule has 1 aromatic heterocycles. The Morgan fingerprint density at radius 3 is 2.88 bits per heavy atom. The monoisotopic (exact) mass is 343 g/mol. The number of fused-ring (bicyclic) bond motifs is 4. The molecule has 0 saturated heterocycles. The van der Waals surface area contributed by atoms with Gasteiger partial charge in [-0.25, -0.2) is 4.98 Å². The van der Waals surface area contributed by atoms with E-state index in [1.54, 1.807) is 7.05 Å². The third kappa shape index (κ3) is 2.08. The Morgan fingerprint density at radius 1 is 1.15 bits per heavy atom.